The van der Waals surface area contributed by atoms with Gasteiger partial charge in [-0.3, -0.25) is 4.79 Å². The molecule has 0 bridgehead atoms. The van der Waals surface area contributed by atoms with Crippen LogP contribution in [-0.4, -0.2) is 32.7 Å². The number of carbonyl (C=O) groups is 1. The van der Waals surface area contributed by atoms with Crippen molar-refractivity contribution in [1.82, 2.24) is 5.32 Å². The Kier molecular flexibility index (Phi) is 7.28. The molecular weight excluding hydrogens is 398 g/mol. The van der Waals surface area contributed by atoms with Crippen LogP contribution in [-0.2, 0) is 4.79 Å². The van der Waals surface area contributed by atoms with Gasteiger partial charge in [-0.25, -0.2) is 0 Å². The van der Waals surface area contributed by atoms with E-state index in [1.807, 2.05) is 60.7 Å². The summed E-state index contributed by atoms with van der Waals surface area (Å²) in [7, 11) is 1.65. The van der Waals surface area contributed by atoms with E-state index in [0.717, 1.165) is 35.7 Å². The first kappa shape index (κ1) is 21.8. The molecule has 3 aromatic rings. The lowest BCUT2D eigenvalue weighted by molar-refractivity contribution is -0.119. The maximum Gasteiger partial charge on any atom is 0.240 e. The van der Waals surface area contributed by atoms with Gasteiger partial charge >= 0.3 is 0 Å². The number of hydrogen-bond acceptors (Lipinski definition) is 4. The minimum Gasteiger partial charge on any atom is -0.497 e. The Morgan fingerprint density at radius 2 is 1.53 bits per heavy atom. The van der Waals surface area contributed by atoms with Crippen LogP contribution in [0.25, 0.3) is 0 Å². The molecule has 1 fully saturated rings. The molecule has 1 saturated heterocycles. The number of rotatable bonds is 8. The van der Waals surface area contributed by atoms with E-state index in [4.69, 9.17) is 4.74 Å². The molecule has 0 radical (unpaired) electrons. The summed E-state index contributed by atoms with van der Waals surface area (Å²) in [5.41, 5.74) is 4.24. The highest BCUT2D eigenvalue weighted by atomic mass is 16.5. The average molecular weight is 430 g/mol. The molecule has 32 heavy (non-hydrogen) atoms. The van der Waals surface area contributed by atoms with Crippen LogP contribution in [0, 0.1) is 0 Å². The van der Waals surface area contributed by atoms with Crippen LogP contribution in [0.15, 0.2) is 78.9 Å². The number of piperidine rings is 1. The molecular formula is C27H31N3O2. The number of ether oxygens (including phenoxy) is 1. The van der Waals surface area contributed by atoms with E-state index in [1.165, 1.54) is 24.9 Å². The van der Waals surface area contributed by atoms with Crippen molar-refractivity contribution in [2.24, 2.45) is 0 Å². The van der Waals surface area contributed by atoms with Crippen molar-refractivity contribution in [1.29, 1.82) is 0 Å². The summed E-state index contributed by atoms with van der Waals surface area (Å²) in [6, 6.07) is 25.9. The maximum absolute atomic E-state index is 13.0. The van der Waals surface area contributed by atoms with Crippen molar-refractivity contribution in [3.8, 4) is 5.75 Å². The Balaban J connectivity index is 1.46. The monoisotopic (exact) mass is 429 g/mol. The Morgan fingerprint density at radius 1 is 0.875 bits per heavy atom. The molecule has 0 saturated carbocycles. The second-order valence-corrected chi connectivity index (χ2v) is 8.10. The van der Waals surface area contributed by atoms with E-state index < -0.39 is 0 Å². The van der Waals surface area contributed by atoms with Crippen molar-refractivity contribution in [2.45, 2.75) is 25.3 Å². The number of anilines is 2. The Hall–Kier alpha value is -3.47. The molecule has 5 heteroatoms. The maximum atomic E-state index is 13.0. The molecule has 1 heterocycles. The largest absolute Gasteiger partial charge is 0.497 e. The number of nitrogens with one attached hydrogen (secondary N) is 2. The van der Waals surface area contributed by atoms with Crippen LogP contribution < -0.4 is 20.3 Å². The van der Waals surface area contributed by atoms with Gasteiger partial charge in [0, 0.05) is 13.1 Å². The topological polar surface area (TPSA) is 53.6 Å². The molecule has 2 N–H and O–H groups in total. The lowest BCUT2D eigenvalue weighted by atomic mass is 9.98. The Morgan fingerprint density at radius 3 is 2.25 bits per heavy atom. The fourth-order valence-electron chi connectivity index (χ4n) is 4.22. The number of para-hydroxylation sites is 2. The summed E-state index contributed by atoms with van der Waals surface area (Å²) < 4.78 is 5.28. The number of hydrogen-bond donors (Lipinski definition) is 2. The predicted octanol–water partition coefficient (Wildman–Crippen LogP) is 5.00. The number of amides is 1. The molecule has 0 spiro atoms. The summed E-state index contributed by atoms with van der Waals surface area (Å²) in [6.07, 6.45) is 3.73. The molecule has 4 rings (SSSR count). The summed E-state index contributed by atoms with van der Waals surface area (Å²) >= 11 is 0. The summed E-state index contributed by atoms with van der Waals surface area (Å²) in [4.78, 5) is 15.4. The normalized spacial score (nSPS) is 14.5. The van der Waals surface area contributed by atoms with Gasteiger partial charge < -0.3 is 20.3 Å². The third-order valence-electron chi connectivity index (χ3n) is 5.93. The molecule has 1 aliphatic rings. The molecule has 166 valence electrons. The van der Waals surface area contributed by atoms with Crippen LogP contribution in [0.3, 0.4) is 0 Å². The fraction of sp³-hybridized carbons (Fsp3) is 0.296. The van der Waals surface area contributed by atoms with Crippen LogP contribution in [0.2, 0.25) is 0 Å². The van der Waals surface area contributed by atoms with E-state index in [0.29, 0.717) is 0 Å². The third kappa shape index (κ3) is 5.41. The molecule has 0 unspecified atom stereocenters. The highest BCUT2D eigenvalue weighted by molar-refractivity contribution is 5.83. The second kappa shape index (κ2) is 10.7. The van der Waals surface area contributed by atoms with Gasteiger partial charge in [-0.2, -0.15) is 0 Å². The molecule has 3 aromatic carbocycles. The fourth-order valence-corrected chi connectivity index (χ4v) is 4.22. The van der Waals surface area contributed by atoms with Crippen molar-refractivity contribution in [3.05, 3.63) is 90.0 Å². The highest BCUT2D eigenvalue weighted by Gasteiger charge is 2.18. The molecule has 1 amide bonds. The van der Waals surface area contributed by atoms with E-state index >= 15 is 0 Å². The Labute approximate surface area is 190 Å². The van der Waals surface area contributed by atoms with Crippen molar-refractivity contribution < 1.29 is 9.53 Å². The number of benzene rings is 3. The van der Waals surface area contributed by atoms with Crippen LogP contribution in [0.5, 0.6) is 5.75 Å². The van der Waals surface area contributed by atoms with Gasteiger partial charge in [-0.1, -0.05) is 54.6 Å². The quantitative estimate of drug-likeness (QED) is 0.529. The van der Waals surface area contributed by atoms with Gasteiger partial charge in [0.15, 0.2) is 0 Å². The summed E-state index contributed by atoms with van der Waals surface area (Å²) in [5.74, 6) is 0.742. The van der Waals surface area contributed by atoms with Gasteiger partial charge in [0.25, 0.3) is 0 Å². The lowest BCUT2D eigenvalue weighted by Gasteiger charge is -2.30. The first-order chi connectivity index (χ1) is 15.7. The van der Waals surface area contributed by atoms with Crippen molar-refractivity contribution in [2.75, 3.05) is 37.0 Å². The minimum absolute atomic E-state index is 0.0527. The molecule has 1 aliphatic heterocycles. The second-order valence-electron chi connectivity index (χ2n) is 8.10. The van der Waals surface area contributed by atoms with Crippen LogP contribution in [0.1, 0.15) is 36.4 Å². The highest BCUT2D eigenvalue weighted by Crippen LogP contribution is 2.28. The zero-order chi connectivity index (χ0) is 22.2. The summed E-state index contributed by atoms with van der Waals surface area (Å²) in [5, 5.41) is 6.56. The third-order valence-corrected chi connectivity index (χ3v) is 5.93. The lowest BCUT2D eigenvalue weighted by Crippen LogP contribution is -2.34. The van der Waals surface area contributed by atoms with Gasteiger partial charge in [0.1, 0.15) is 5.75 Å². The van der Waals surface area contributed by atoms with E-state index in [2.05, 4.69) is 33.7 Å². The zero-order valence-corrected chi connectivity index (χ0v) is 18.6. The number of nitrogens with zero attached hydrogens (tertiary/aromatic N) is 1. The number of methoxy groups -OCH3 is 1. The summed E-state index contributed by atoms with van der Waals surface area (Å²) in [6.45, 7) is 2.35. The zero-order valence-electron chi connectivity index (χ0n) is 18.6. The van der Waals surface area contributed by atoms with Gasteiger partial charge in [0.05, 0.1) is 31.1 Å². The first-order valence-corrected chi connectivity index (χ1v) is 11.3. The van der Waals surface area contributed by atoms with Crippen molar-refractivity contribution in [3.63, 3.8) is 0 Å². The average Bonchev–Trinajstić information content (AvgIpc) is 2.87. The van der Waals surface area contributed by atoms with Gasteiger partial charge in [-0.05, 0) is 54.7 Å². The van der Waals surface area contributed by atoms with Crippen LogP contribution in [0.4, 0.5) is 11.4 Å². The van der Waals surface area contributed by atoms with Gasteiger partial charge in [0.2, 0.25) is 5.91 Å². The van der Waals surface area contributed by atoms with E-state index in [9.17, 15) is 4.79 Å². The first-order valence-electron chi connectivity index (χ1n) is 11.3. The van der Waals surface area contributed by atoms with Gasteiger partial charge in [-0.15, -0.1) is 0 Å². The van der Waals surface area contributed by atoms with Crippen molar-refractivity contribution >= 4 is 17.3 Å². The minimum atomic E-state index is -0.228. The SMILES string of the molecule is COc1ccc([C@@H](NC(=O)CNc2ccccc2N2CCCCC2)c2ccccc2)cc1. The molecule has 5 nitrogen and oxygen atoms in total. The smallest absolute Gasteiger partial charge is 0.240 e. The van der Waals surface area contributed by atoms with Crippen LogP contribution >= 0.6 is 0 Å². The molecule has 0 aliphatic carbocycles. The predicted molar refractivity (Wildman–Crippen MR) is 130 cm³/mol. The standard InChI is InChI=1S/C27H31N3O2/c1-32-23-16-14-22(15-17-23)27(21-10-4-2-5-11-21)29-26(31)20-28-24-12-6-7-13-25(24)30-18-8-3-9-19-30/h2,4-7,10-17,27-28H,3,8-9,18-20H2,1H3,(H,29,31)/t27-/m0/s1. The Bertz CT molecular complexity index is 999. The van der Waals surface area contributed by atoms with E-state index in [1.54, 1.807) is 7.11 Å². The molecule has 1 atom stereocenters. The number of carbonyl (C=O) groups excluding carboxylic acids is 1. The van der Waals surface area contributed by atoms with E-state index in [-0.39, 0.29) is 18.5 Å². The molecule has 0 aromatic heterocycles.